The van der Waals surface area contributed by atoms with Crippen LogP contribution in [0.2, 0.25) is 0 Å². The number of hydrogen-bond donors (Lipinski definition) is 0. The van der Waals surface area contributed by atoms with E-state index < -0.39 is 5.41 Å². The van der Waals surface area contributed by atoms with Crippen LogP contribution in [0.3, 0.4) is 0 Å². The number of benzene rings is 10. The van der Waals surface area contributed by atoms with Gasteiger partial charge in [0, 0.05) is 16.5 Å². The van der Waals surface area contributed by atoms with E-state index in [-0.39, 0.29) is 5.41 Å². The van der Waals surface area contributed by atoms with Crippen molar-refractivity contribution in [2.75, 3.05) is 0 Å². The van der Waals surface area contributed by atoms with E-state index in [1.54, 1.807) is 0 Å². The van der Waals surface area contributed by atoms with Crippen LogP contribution in [0.15, 0.2) is 237 Å². The molecule has 0 N–H and O–H groups in total. The zero-order chi connectivity index (χ0) is 44.0. The summed E-state index contributed by atoms with van der Waals surface area (Å²) in [5.74, 6) is 0. The van der Waals surface area contributed by atoms with Gasteiger partial charge in [-0.1, -0.05) is 232 Å². The van der Waals surface area contributed by atoms with Crippen molar-refractivity contribution < 1.29 is 0 Å². The third kappa shape index (κ3) is 5.50. The number of pyridine rings is 1. The van der Waals surface area contributed by atoms with Gasteiger partial charge >= 0.3 is 0 Å². The highest BCUT2D eigenvalue weighted by Gasteiger charge is 2.53. The second-order valence-corrected chi connectivity index (χ2v) is 18.5. The van der Waals surface area contributed by atoms with Gasteiger partial charge in [-0.25, -0.2) is 4.98 Å². The first-order valence-electron chi connectivity index (χ1n) is 23.1. The molecule has 1 aromatic heterocycles. The van der Waals surface area contributed by atoms with Crippen LogP contribution >= 0.6 is 0 Å². The lowest BCUT2D eigenvalue weighted by Gasteiger charge is -2.46. The fraction of sp³-hybridized carbons (Fsp3) is 0.0615. The Hall–Kier alpha value is -8.13. The van der Waals surface area contributed by atoms with Crippen LogP contribution in [0.1, 0.15) is 47.2 Å². The average molecular weight is 840 g/mol. The van der Waals surface area contributed by atoms with Crippen molar-refractivity contribution in [3.63, 3.8) is 0 Å². The van der Waals surface area contributed by atoms with Crippen molar-refractivity contribution in [1.82, 2.24) is 4.98 Å². The summed E-state index contributed by atoms with van der Waals surface area (Å²) < 4.78 is 0. The van der Waals surface area contributed by atoms with Gasteiger partial charge in [0.25, 0.3) is 0 Å². The van der Waals surface area contributed by atoms with E-state index in [4.69, 9.17) is 4.98 Å². The van der Waals surface area contributed by atoms with Gasteiger partial charge in [0.05, 0.1) is 16.8 Å². The number of fused-ring (bicyclic) bond motifs is 11. The molecule has 0 radical (unpaired) electrons. The highest BCUT2D eigenvalue weighted by molar-refractivity contribution is 6.21. The molecule has 13 rings (SSSR count). The predicted molar refractivity (Wildman–Crippen MR) is 276 cm³/mol. The van der Waals surface area contributed by atoms with Gasteiger partial charge in [0.2, 0.25) is 0 Å². The molecule has 66 heavy (non-hydrogen) atoms. The topological polar surface area (TPSA) is 12.9 Å². The molecule has 10 aromatic carbocycles. The summed E-state index contributed by atoms with van der Waals surface area (Å²) in [5.41, 5.74) is 21.3. The summed E-state index contributed by atoms with van der Waals surface area (Å²) in [5, 5.41) is 5.01. The first-order chi connectivity index (χ1) is 32.5. The SMILES string of the molecule is CC1(C)c2ccccc2C2(c3ccc(-c4c5ccccc5c(-c5ccccc5)c5ccccc45)cc3-c3c(-c4cc(-c5ccccc5)nc(-c5ccccc5)c4)cccc32)c2ccccc21. The van der Waals surface area contributed by atoms with Gasteiger partial charge in [0.15, 0.2) is 0 Å². The van der Waals surface area contributed by atoms with Gasteiger partial charge in [-0.3, -0.25) is 0 Å². The molecule has 1 nitrogen and oxygen atoms in total. The predicted octanol–water partition coefficient (Wildman–Crippen LogP) is 16.7. The Morgan fingerprint density at radius 1 is 0.273 bits per heavy atom. The maximum absolute atomic E-state index is 5.34. The molecule has 0 bridgehead atoms. The molecule has 0 saturated carbocycles. The van der Waals surface area contributed by atoms with E-state index in [0.717, 1.165) is 28.1 Å². The van der Waals surface area contributed by atoms with Crippen molar-refractivity contribution in [2.24, 2.45) is 0 Å². The van der Waals surface area contributed by atoms with Crippen molar-refractivity contribution in [3.8, 4) is 67.0 Å². The molecule has 1 heteroatoms. The fourth-order valence-corrected chi connectivity index (χ4v) is 11.9. The van der Waals surface area contributed by atoms with Crippen molar-refractivity contribution in [2.45, 2.75) is 24.7 Å². The lowest BCUT2D eigenvalue weighted by atomic mass is 9.55. The monoisotopic (exact) mass is 839 g/mol. The van der Waals surface area contributed by atoms with E-state index >= 15 is 0 Å². The zero-order valence-electron chi connectivity index (χ0n) is 37.0. The van der Waals surface area contributed by atoms with E-state index in [1.165, 1.54) is 93.9 Å². The number of nitrogens with zero attached hydrogens (tertiary/aromatic N) is 1. The molecule has 310 valence electrons. The number of hydrogen-bond acceptors (Lipinski definition) is 1. The fourth-order valence-electron chi connectivity index (χ4n) is 11.9. The largest absolute Gasteiger partial charge is 0.248 e. The minimum atomic E-state index is -0.555. The molecule has 1 heterocycles. The smallest absolute Gasteiger partial charge is 0.0719 e. The number of aromatic nitrogens is 1. The first-order valence-corrected chi connectivity index (χ1v) is 23.1. The van der Waals surface area contributed by atoms with Crippen molar-refractivity contribution in [1.29, 1.82) is 0 Å². The van der Waals surface area contributed by atoms with Crippen molar-refractivity contribution >= 4 is 21.5 Å². The molecule has 0 aliphatic heterocycles. The first kappa shape index (κ1) is 38.3. The molecule has 0 saturated heterocycles. The van der Waals surface area contributed by atoms with Crippen LogP contribution in [-0.4, -0.2) is 4.98 Å². The molecule has 0 unspecified atom stereocenters. The van der Waals surface area contributed by atoms with Crippen LogP contribution in [0, 0.1) is 0 Å². The summed E-state index contributed by atoms with van der Waals surface area (Å²) in [6, 6.07) is 87.7. The van der Waals surface area contributed by atoms with Gasteiger partial charge in [-0.15, -0.1) is 0 Å². The Bertz CT molecular complexity index is 3550. The molecular formula is C65H45N. The quantitative estimate of drug-likeness (QED) is 0.157. The second-order valence-electron chi connectivity index (χ2n) is 18.5. The van der Waals surface area contributed by atoms with Crippen molar-refractivity contribution in [3.05, 3.63) is 270 Å². The minimum absolute atomic E-state index is 0.197. The molecule has 2 aliphatic carbocycles. The highest BCUT2D eigenvalue weighted by atomic mass is 14.7. The lowest BCUT2D eigenvalue weighted by Crippen LogP contribution is -2.40. The van der Waals surface area contributed by atoms with E-state index in [2.05, 4.69) is 250 Å². The summed E-state index contributed by atoms with van der Waals surface area (Å²) in [6.07, 6.45) is 0. The molecule has 1 spiro atoms. The van der Waals surface area contributed by atoms with E-state index in [0.29, 0.717) is 0 Å². The lowest BCUT2D eigenvalue weighted by molar-refractivity contribution is 0.563. The average Bonchev–Trinajstić information content (AvgIpc) is 3.68. The Morgan fingerprint density at radius 3 is 1.21 bits per heavy atom. The van der Waals surface area contributed by atoms with Gasteiger partial charge in [-0.2, -0.15) is 0 Å². The Labute approximate surface area is 386 Å². The Morgan fingerprint density at radius 2 is 0.697 bits per heavy atom. The molecule has 11 aromatic rings. The maximum Gasteiger partial charge on any atom is 0.0719 e. The van der Waals surface area contributed by atoms with Crippen LogP contribution < -0.4 is 0 Å². The summed E-state index contributed by atoms with van der Waals surface area (Å²) >= 11 is 0. The third-order valence-corrected chi connectivity index (χ3v) is 14.7. The van der Waals surface area contributed by atoms with Gasteiger partial charge in [-0.05, 0) is 118 Å². The molecule has 2 aliphatic rings. The van der Waals surface area contributed by atoms with Crippen LogP contribution in [-0.2, 0) is 10.8 Å². The molecule has 0 atom stereocenters. The van der Waals surface area contributed by atoms with Gasteiger partial charge in [0.1, 0.15) is 0 Å². The van der Waals surface area contributed by atoms with Crippen LogP contribution in [0.25, 0.3) is 88.6 Å². The normalized spacial score (nSPS) is 13.8. The van der Waals surface area contributed by atoms with Crippen LogP contribution in [0.4, 0.5) is 0 Å². The van der Waals surface area contributed by atoms with Crippen LogP contribution in [0.5, 0.6) is 0 Å². The zero-order valence-corrected chi connectivity index (χ0v) is 37.0. The minimum Gasteiger partial charge on any atom is -0.248 e. The molecule has 0 amide bonds. The van der Waals surface area contributed by atoms with E-state index in [1.807, 2.05) is 0 Å². The standard InChI is InChI=1S/C65H45N/c1-64(2)54-32-16-18-34-56(54)65(57-35-19-17-33-55(57)64)53-38-37-45(62-50-29-14-12-27-48(50)61(44-25-10-5-11-26-44)49-28-13-15-30-51(49)62)39-52(53)63-47(31-20-36-58(63)65)46-40-59(42-21-6-3-7-22-42)66-60(41-46)43-23-8-4-9-24-43/h3-41H,1-2H3. The summed E-state index contributed by atoms with van der Waals surface area (Å²) in [7, 11) is 0. The summed E-state index contributed by atoms with van der Waals surface area (Å²) in [6.45, 7) is 4.80. The van der Waals surface area contributed by atoms with E-state index in [9.17, 15) is 0 Å². The third-order valence-electron chi connectivity index (χ3n) is 14.7. The Kier molecular flexibility index (Phi) is 8.54. The highest BCUT2D eigenvalue weighted by Crippen LogP contribution is 2.64. The Balaban J connectivity index is 1.16. The molecular weight excluding hydrogens is 795 g/mol. The maximum atomic E-state index is 5.34. The molecule has 0 fully saturated rings. The van der Waals surface area contributed by atoms with Gasteiger partial charge < -0.3 is 0 Å². The summed E-state index contributed by atoms with van der Waals surface area (Å²) in [4.78, 5) is 5.34. The second kappa shape index (κ2) is 14.7. The number of rotatable bonds is 5.